The van der Waals surface area contributed by atoms with Gasteiger partial charge in [-0.25, -0.2) is 15.0 Å². The Morgan fingerprint density at radius 1 is 0.920 bits per heavy atom. The maximum atomic E-state index is 12.5. The highest BCUT2D eigenvalue weighted by Crippen LogP contribution is 2.31. The summed E-state index contributed by atoms with van der Waals surface area (Å²) in [5, 5.41) is 21.6. The third kappa shape index (κ3) is 3.77. The first-order valence-corrected chi connectivity index (χ1v) is 6.98. The molecular weight excluding hydrogens is 337 g/mol. The zero-order chi connectivity index (χ0) is 18.0. The number of benzene rings is 1. The molecule has 9 heteroatoms. The van der Waals surface area contributed by atoms with Crippen LogP contribution in [0, 0.1) is 0 Å². The van der Waals surface area contributed by atoms with Crippen LogP contribution in [0.4, 0.5) is 24.9 Å². The first-order chi connectivity index (χ1) is 11.8. The molecule has 0 aliphatic heterocycles. The van der Waals surface area contributed by atoms with Gasteiger partial charge in [-0.3, -0.25) is 0 Å². The van der Waals surface area contributed by atoms with E-state index in [0.29, 0.717) is 17.5 Å². The normalized spacial score (nSPS) is 11.3. The van der Waals surface area contributed by atoms with E-state index in [4.69, 9.17) is 0 Å². The van der Waals surface area contributed by atoms with Crippen LogP contribution in [0.25, 0.3) is 11.3 Å². The minimum absolute atomic E-state index is 0.123. The van der Waals surface area contributed by atoms with E-state index in [1.54, 1.807) is 12.1 Å². The standard InChI is InChI=1S/C16H11F3N4O2/c17-16(18,19)10-2-4-14(21-8-10)23-15-20-6-5-11(22-15)9-1-3-12(24)13(25)7-9/h1-8,24-25H,(H,20,21,22,23). The van der Waals surface area contributed by atoms with Crippen LogP contribution in [-0.2, 0) is 6.18 Å². The number of nitrogens with one attached hydrogen (secondary N) is 1. The van der Waals surface area contributed by atoms with Gasteiger partial charge < -0.3 is 15.5 Å². The molecule has 0 atom stereocenters. The number of hydrogen-bond acceptors (Lipinski definition) is 6. The minimum Gasteiger partial charge on any atom is -0.504 e. The number of anilines is 2. The second-order valence-corrected chi connectivity index (χ2v) is 5.02. The number of halogens is 3. The number of nitrogens with zero attached hydrogens (tertiary/aromatic N) is 3. The van der Waals surface area contributed by atoms with Crippen molar-refractivity contribution in [1.29, 1.82) is 0 Å². The Bertz CT molecular complexity index is 899. The molecule has 0 fully saturated rings. The van der Waals surface area contributed by atoms with Gasteiger partial charge in [0.1, 0.15) is 5.82 Å². The van der Waals surface area contributed by atoms with Crippen LogP contribution in [0.5, 0.6) is 11.5 Å². The lowest BCUT2D eigenvalue weighted by molar-refractivity contribution is -0.137. The van der Waals surface area contributed by atoms with E-state index >= 15 is 0 Å². The summed E-state index contributed by atoms with van der Waals surface area (Å²) in [6, 6.07) is 7.85. The number of pyridine rings is 1. The topological polar surface area (TPSA) is 91.2 Å². The predicted molar refractivity (Wildman–Crippen MR) is 83.3 cm³/mol. The summed E-state index contributed by atoms with van der Waals surface area (Å²) in [4.78, 5) is 11.9. The molecule has 2 aromatic heterocycles. The molecule has 1 aromatic carbocycles. The monoisotopic (exact) mass is 348 g/mol. The summed E-state index contributed by atoms with van der Waals surface area (Å²) < 4.78 is 37.6. The number of aromatic nitrogens is 3. The van der Waals surface area contributed by atoms with Crippen molar-refractivity contribution in [3.05, 3.63) is 54.4 Å². The summed E-state index contributed by atoms with van der Waals surface area (Å²) >= 11 is 0. The molecule has 0 amide bonds. The number of hydrogen-bond donors (Lipinski definition) is 3. The number of rotatable bonds is 3. The fourth-order valence-corrected chi connectivity index (χ4v) is 2.01. The Morgan fingerprint density at radius 3 is 2.36 bits per heavy atom. The van der Waals surface area contributed by atoms with Crippen molar-refractivity contribution in [3.8, 4) is 22.8 Å². The summed E-state index contributed by atoms with van der Waals surface area (Å²) in [6.45, 7) is 0. The molecule has 0 radical (unpaired) electrons. The van der Waals surface area contributed by atoms with Crippen molar-refractivity contribution in [2.45, 2.75) is 6.18 Å². The van der Waals surface area contributed by atoms with Gasteiger partial charge in [0.25, 0.3) is 0 Å². The van der Waals surface area contributed by atoms with E-state index in [-0.39, 0.29) is 23.3 Å². The molecule has 3 aromatic rings. The van der Waals surface area contributed by atoms with E-state index in [1.165, 1.54) is 24.4 Å². The lowest BCUT2D eigenvalue weighted by Gasteiger charge is -2.09. The average molecular weight is 348 g/mol. The Morgan fingerprint density at radius 2 is 1.72 bits per heavy atom. The molecule has 3 rings (SSSR count). The molecule has 0 unspecified atom stereocenters. The van der Waals surface area contributed by atoms with Crippen LogP contribution < -0.4 is 5.32 Å². The molecule has 2 heterocycles. The van der Waals surface area contributed by atoms with Crippen LogP contribution >= 0.6 is 0 Å². The van der Waals surface area contributed by atoms with Gasteiger partial charge in [-0.15, -0.1) is 0 Å². The first kappa shape index (κ1) is 16.5. The molecule has 0 bridgehead atoms. The maximum Gasteiger partial charge on any atom is 0.417 e. The van der Waals surface area contributed by atoms with Crippen LogP contribution in [0.2, 0.25) is 0 Å². The van der Waals surface area contributed by atoms with Crippen LogP contribution in [0.1, 0.15) is 5.56 Å². The van der Waals surface area contributed by atoms with E-state index in [9.17, 15) is 23.4 Å². The highest BCUT2D eigenvalue weighted by Gasteiger charge is 2.30. The fourth-order valence-electron chi connectivity index (χ4n) is 2.01. The lowest BCUT2D eigenvalue weighted by Crippen LogP contribution is -2.06. The van der Waals surface area contributed by atoms with Crippen molar-refractivity contribution in [3.63, 3.8) is 0 Å². The Kier molecular flexibility index (Phi) is 4.14. The predicted octanol–water partition coefficient (Wildman–Crippen LogP) is 3.71. The third-order valence-electron chi connectivity index (χ3n) is 3.26. The summed E-state index contributed by atoms with van der Waals surface area (Å²) in [7, 11) is 0. The first-order valence-electron chi connectivity index (χ1n) is 6.98. The zero-order valence-electron chi connectivity index (χ0n) is 12.5. The van der Waals surface area contributed by atoms with Gasteiger partial charge in [0.15, 0.2) is 11.5 Å². The number of aromatic hydroxyl groups is 2. The molecule has 0 spiro atoms. The van der Waals surface area contributed by atoms with Crippen molar-refractivity contribution in [2.24, 2.45) is 0 Å². The van der Waals surface area contributed by atoms with Gasteiger partial charge in [0, 0.05) is 18.0 Å². The van der Waals surface area contributed by atoms with Crippen LogP contribution in [0.15, 0.2) is 48.8 Å². The SMILES string of the molecule is Oc1ccc(-c2ccnc(Nc3ccc(C(F)(F)F)cn3)n2)cc1O. The molecular formula is C16H11F3N4O2. The highest BCUT2D eigenvalue weighted by molar-refractivity contribution is 5.64. The molecule has 0 saturated carbocycles. The van der Waals surface area contributed by atoms with Crippen LogP contribution in [-0.4, -0.2) is 25.2 Å². The second-order valence-electron chi connectivity index (χ2n) is 5.02. The second kappa shape index (κ2) is 6.27. The van der Waals surface area contributed by atoms with Gasteiger partial charge in [-0.1, -0.05) is 0 Å². The molecule has 0 aliphatic rings. The maximum absolute atomic E-state index is 12.5. The Balaban J connectivity index is 1.83. The molecule has 0 aliphatic carbocycles. The average Bonchev–Trinajstić information content (AvgIpc) is 2.57. The highest BCUT2D eigenvalue weighted by atomic mass is 19.4. The van der Waals surface area contributed by atoms with Crippen molar-refractivity contribution < 1.29 is 23.4 Å². The third-order valence-corrected chi connectivity index (χ3v) is 3.26. The number of phenolic OH excluding ortho intramolecular Hbond substituents is 2. The van der Waals surface area contributed by atoms with E-state index in [0.717, 1.165) is 6.07 Å². The quantitative estimate of drug-likeness (QED) is 0.625. The van der Waals surface area contributed by atoms with Gasteiger partial charge >= 0.3 is 6.18 Å². The summed E-state index contributed by atoms with van der Waals surface area (Å²) in [5.41, 5.74) is 0.119. The van der Waals surface area contributed by atoms with Crippen LogP contribution in [0.3, 0.4) is 0 Å². The fraction of sp³-hybridized carbons (Fsp3) is 0.0625. The summed E-state index contributed by atoms with van der Waals surface area (Å²) in [6.07, 6.45) is -2.30. The molecule has 0 saturated heterocycles. The zero-order valence-corrected chi connectivity index (χ0v) is 12.5. The molecule has 3 N–H and O–H groups in total. The summed E-state index contributed by atoms with van der Waals surface area (Å²) in [5.74, 6) is -0.281. The van der Waals surface area contributed by atoms with E-state index in [2.05, 4.69) is 20.3 Å². The number of phenols is 2. The van der Waals surface area contributed by atoms with Gasteiger partial charge in [0.05, 0.1) is 11.3 Å². The van der Waals surface area contributed by atoms with E-state index in [1.807, 2.05) is 0 Å². The molecule has 25 heavy (non-hydrogen) atoms. The van der Waals surface area contributed by atoms with Gasteiger partial charge in [-0.2, -0.15) is 13.2 Å². The minimum atomic E-state index is -4.46. The largest absolute Gasteiger partial charge is 0.504 e. The molecule has 128 valence electrons. The van der Waals surface area contributed by atoms with Crippen molar-refractivity contribution in [1.82, 2.24) is 15.0 Å². The van der Waals surface area contributed by atoms with Crippen molar-refractivity contribution >= 4 is 11.8 Å². The number of alkyl halides is 3. The Labute approximate surface area is 139 Å². The van der Waals surface area contributed by atoms with Gasteiger partial charge in [0.2, 0.25) is 5.95 Å². The Hall–Kier alpha value is -3.36. The van der Waals surface area contributed by atoms with Crippen molar-refractivity contribution in [2.75, 3.05) is 5.32 Å². The van der Waals surface area contributed by atoms with E-state index < -0.39 is 11.7 Å². The smallest absolute Gasteiger partial charge is 0.417 e. The lowest BCUT2D eigenvalue weighted by atomic mass is 10.1. The molecule has 6 nitrogen and oxygen atoms in total. The van der Waals surface area contributed by atoms with Gasteiger partial charge in [-0.05, 0) is 36.4 Å².